The van der Waals surface area contributed by atoms with Crippen molar-refractivity contribution in [3.05, 3.63) is 42.0 Å². The molecule has 0 radical (unpaired) electrons. The van der Waals surface area contributed by atoms with E-state index in [1.807, 2.05) is 18.2 Å². The van der Waals surface area contributed by atoms with E-state index in [9.17, 15) is 10.2 Å². The molecule has 2 aromatic carbocycles. The zero-order chi connectivity index (χ0) is 19.0. The number of rotatable bonds is 5. The molecule has 2 N–H and O–H groups in total. The highest BCUT2D eigenvalue weighted by Crippen LogP contribution is 2.23. The summed E-state index contributed by atoms with van der Waals surface area (Å²) in [7, 11) is -2.78. The SMILES string of the molecule is CC(O)c1ccccc1Pc1cc([Si](C)(C)C)cc([Si](C)(C)C)c1O. The Hall–Kier alpha value is -0.936. The molecule has 136 valence electrons. The van der Waals surface area contributed by atoms with Crippen LogP contribution in [0.2, 0.25) is 39.3 Å². The normalized spacial score (nSPS) is 14.2. The lowest BCUT2D eigenvalue weighted by atomic mass is 10.1. The number of hydrogen-bond donors (Lipinski definition) is 2. The van der Waals surface area contributed by atoms with Crippen LogP contribution < -0.4 is 21.0 Å². The molecule has 5 heteroatoms. The molecular formula is C20H31O2PSi2. The monoisotopic (exact) mass is 390 g/mol. The number of hydrogen-bond acceptors (Lipinski definition) is 2. The van der Waals surface area contributed by atoms with Gasteiger partial charge in [-0.05, 0) is 23.0 Å². The predicted octanol–water partition coefficient (Wildman–Crippen LogP) is 3.17. The van der Waals surface area contributed by atoms with E-state index in [0.29, 0.717) is 14.3 Å². The molecule has 2 nitrogen and oxygen atoms in total. The quantitative estimate of drug-likeness (QED) is 0.608. The number of aromatic hydroxyl groups is 1. The van der Waals surface area contributed by atoms with Crippen LogP contribution in [-0.2, 0) is 0 Å². The maximum absolute atomic E-state index is 11.0. The first kappa shape index (κ1) is 20.4. The molecule has 0 aromatic heterocycles. The highest BCUT2D eigenvalue weighted by Gasteiger charge is 2.27. The van der Waals surface area contributed by atoms with Crippen LogP contribution in [0.25, 0.3) is 0 Å². The van der Waals surface area contributed by atoms with Crippen molar-refractivity contribution in [1.82, 2.24) is 0 Å². The van der Waals surface area contributed by atoms with E-state index in [4.69, 9.17) is 0 Å². The van der Waals surface area contributed by atoms with E-state index >= 15 is 0 Å². The van der Waals surface area contributed by atoms with Crippen LogP contribution in [0.5, 0.6) is 5.75 Å². The van der Waals surface area contributed by atoms with Gasteiger partial charge in [-0.3, -0.25) is 0 Å². The van der Waals surface area contributed by atoms with Gasteiger partial charge in [0.1, 0.15) is 5.75 Å². The minimum absolute atomic E-state index is 0.353. The molecule has 0 heterocycles. The van der Waals surface area contributed by atoms with Gasteiger partial charge in [-0.1, -0.05) is 89.4 Å². The molecule has 0 saturated carbocycles. The maximum atomic E-state index is 11.0. The van der Waals surface area contributed by atoms with Crippen LogP contribution in [-0.4, -0.2) is 26.4 Å². The van der Waals surface area contributed by atoms with Crippen LogP contribution >= 0.6 is 8.58 Å². The highest BCUT2D eigenvalue weighted by atomic mass is 31.1. The third-order valence-electron chi connectivity index (χ3n) is 4.46. The van der Waals surface area contributed by atoms with Crippen LogP contribution in [0.3, 0.4) is 0 Å². The molecule has 0 spiro atoms. The summed E-state index contributed by atoms with van der Waals surface area (Å²) in [4.78, 5) is 0. The zero-order valence-corrected chi connectivity index (χ0v) is 19.4. The van der Waals surface area contributed by atoms with Gasteiger partial charge < -0.3 is 10.2 Å². The summed E-state index contributed by atoms with van der Waals surface area (Å²) in [6, 6.07) is 12.5. The second kappa shape index (κ2) is 7.36. The fourth-order valence-electron chi connectivity index (χ4n) is 2.85. The summed E-state index contributed by atoms with van der Waals surface area (Å²) >= 11 is 0. The van der Waals surface area contributed by atoms with Gasteiger partial charge in [0.2, 0.25) is 0 Å². The summed E-state index contributed by atoms with van der Waals surface area (Å²) in [5.74, 6) is 0.472. The van der Waals surface area contributed by atoms with Gasteiger partial charge in [0, 0.05) is 5.30 Å². The van der Waals surface area contributed by atoms with Crippen molar-refractivity contribution in [3.63, 3.8) is 0 Å². The van der Waals surface area contributed by atoms with Gasteiger partial charge in [-0.2, -0.15) is 0 Å². The molecule has 0 aliphatic heterocycles. The van der Waals surface area contributed by atoms with Crippen molar-refractivity contribution in [3.8, 4) is 5.75 Å². The lowest BCUT2D eigenvalue weighted by molar-refractivity contribution is 0.200. The number of aliphatic hydroxyl groups is 1. The van der Waals surface area contributed by atoms with Gasteiger partial charge in [-0.25, -0.2) is 0 Å². The van der Waals surface area contributed by atoms with Gasteiger partial charge in [0.15, 0.2) is 0 Å². The smallest absolute Gasteiger partial charge is 0.122 e. The third kappa shape index (κ3) is 4.82. The third-order valence-corrected chi connectivity index (χ3v) is 9.86. The Labute approximate surface area is 156 Å². The molecule has 2 atom stereocenters. The Morgan fingerprint density at radius 1 is 0.880 bits per heavy atom. The Morgan fingerprint density at radius 2 is 1.48 bits per heavy atom. The van der Waals surface area contributed by atoms with Crippen molar-refractivity contribution >= 4 is 45.7 Å². The topological polar surface area (TPSA) is 40.5 Å². The summed E-state index contributed by atoms with van der Waals surface area (Å²) in [5, 5.41) is 25.8. The first-order valence-electron chi connectivity index (χ1n) is 8.83. The average molecular weight is 391 g/mol. The average Bonchev–Trinajstić information content (AvgIpc) is 2.47. The number of benzene rings is 2. The Balaban J connectivity index is 2.62. The summed E-state index contributed by atoms with van der Waals surface area (Å²) in [6.45, 7) is 15.7. The van der Waals surface area contributed by atoms with Crippen LogP contribution in [0, 0.1) is 0 Å². The summed E-state index contributed by atoms with van der Waals surface area (Å²) in [5.41, 5.74) is 0.952. The van der Waals surface area contributed by atoms with Crippen LogP contribution in [0.1, 0.15) is 18.6 Å². The maximum Gasteiger partial charge on any atom is 0.122 e. The molecule has 0 bridgehead atoms. The largest absolute Gasteiger partial charge is 0.507 e. The number of phenols is 1. The molecule has 0 aliphatic carbocycles. The minimum atomic E-state index is -1.64. The van der Waals surface area contributed by atoms with E-state index in [1.165, 1.54) is 5.19 Å². The molecule has 2 rings (SSSR count). The first-order valence-corrected chi connectivity index (χ1v) is 16.8. The zero-order valence-electron chi connectivity index (χ0n) is 16.4. The molecule has 0 fully saturated rings. The Morgan fingerprint density at radius 3 is 2.00 bits per heavy atom. The number of aliphatic hydroxyl groups excluding tert-OH is 1. The molecule has 0 saturated heterocycles. The standard InChI is InChI=1S/C20H31O2PSi2/c1-14(21)16-10-8-9-11-17(16)23-18-12-15(24(2,3)4)13-19(20(18)22)25(5,6)7/h8-14,21-23H,1-7H3. The molecule has 25 heavy (non-hydrogen) atoms. The second-order valence-corrected chi connectivity index (χ2v) is 20.3. The molecule has 2 aromatic rings. The van der Waals surface area contributed by atoms with Gasteiger partial charge in [0.25, 0.3) is 0 Å². The van der Waals surface area contributed by atoms with E-state index in [-0.39, 0.29) is 0 Å². The van der Waals surface area contributed by atoms with Crippen molar-refractivity contribution in [2.75, 3.05) is 0 Å². The van der Waals surface area contributed by atoms with Gasteiger partial charge >= 0.3 is 0 Å². The minimum Gasteiger partial charge on any atom is -0.507 e. The molecular weight excluding hydrogens is 359 g/mol. The van der Waals surface area contributed by atoms with Crippen molar-refractivity contribution < 1.29 is 10.2 Å². The lowest BCUT2D eigenvalue weighted by Gasteiger charge is -2.26. The van der Waals surface area contributed by atoms with E-state index < -0.39 is 22.3 Å². The van der Waals surface area contributed by atoms with Crippen LogP contribution in [0.4, 0.5) is 0 Å². The Bertz CT molecular complexity index is 759. The summed E-state index contributed by atoms with van der Waals surface area (Å²) in [6.07, 6.45) is -0.498. The molecule has 0 amide bonds. The first-order chi connectivity index (χ1) is 11.4. The van der Waals surface area contributed by atoms with E-state index in [2.05, 4.69) is 57.5 Å². The summed E-state index contributed by atoms with van der Waals surface area (Å²) < 4.78 is 0. The second-order valence-electron chi connectivity index (χ2n) is 8.81. The van der Waals surface area contributed by atoms with E-state index in [0.717, 1.165) is 21.4 Å². The van der Waals surface area contributed by atoms with Crippen molar-refractivity contribution in [2.24, 2.45) is 0 Å². The lowest BCUT2D eigenvalue weighted by Crippen LogP contribution is -2.47. The van der Waals surface area contributed by atoms with E-state index in [1.54, 1.807) is 6.92 Å². The fourth-order valence-corrected chi connectivity index (χ4v) is 7.24. The molecule has 2 unspecified atom stereocenters. The van der Waals surface area contributed by atoms with Gasteiger partial charge in [0.05, 0.1) is 22.3 Å². The fraction of sp³-hybridized carbons (Fsp3) is 0.400. The highest BCUT2D eigenvalue weighted by molar-refractivity contribution is 7.56. The number of phenolic OH excluding ortho intramolecular Hbond substituents is 1. The Kier molecular flexibility index (Phi) is 6.00. The van der Waals surface area contributed by atoms with Crippen molar-refractivity contribution in [1.29, 1.82) is 0 Å². The van der Waals surface area contributed by atoms with Gasteiger partial charge in [-0.15, -0.1) is 0 Å². The predicted molar refractivity (Wildman–Crippen MR) is 119 cm³/mol. The van der Waals surface area contributed by atoms with Crippen molar-refractivity contribution in [2.45, 2.75) is 52.3 Å². The molecule has 0 aliphatic rings. The van der Waals surface area contributed by atoms with Crippen LogP contribution in [0.15, 0.2) is 36.4 Å².